The molecule has 8 heteroatoms. The van der Waals surface area contributed by atoms with Gasteiger partial charge in [0.05, 0.1) is 12.3 Å². The number of aromatic amines is 1. The maximum atomic E-state index is 8.49. The lowest BCUT2D eigenvalue weighted by molar-refractivity contribution is -2.00. The first-order valence-electron chi connectivity index (χ1n) is 9.18. The average molecular weight is 426 g/mol. The smallest absolute Gasteiger partial charge is 0.222 e. The normalized spacial score (nSPS) is 11.0. The standard InChI is InChI=1S/C22H20N3.ClHO4/c1-2-20-15-19(17-9-5-3-6-10-17)16-21(18-11-7-4-8-12-18)25(20)22-13-14-23-24-22;2-1(3,4)5/h3-16H,2H2,1H3,(H,23,24);(H,2,3,4,5)/q+1;/p-1. The highest BCUT2D eigenvalue weighted by molar-refractivity contribution is 5.69. The van der Waals surface area contributed by atoms with Crippen molar-refractivity contribution in [1.82, 2.24) is 10.2 Å². The number of halogens is 1. The maximum Gasteiger partial charge on any atom is 0.306 e. The van der Waals surface area contributed by atoms with Crippen LogP contribution in [0.15, 0.2) is 85.1 Å². The van der Waals surface area contributed by atoms with Crippen LogP contribution in [0.1, 0.15) is 12.6 Å². The summed E-state index contributed by atoms with van der Waals surface area (Å²) >= 11 is 0. The summed E-state index contributed by atoms with van der Waals surface area (Å²) in [5.41, 5.74) is 6.04. The second-order valence-corrected chi connectivity index (χ2v) is 7.12. The number of benzene rings is 2. The van der Waals surface area contributed by atoms with Gasteiger partial charge < -0.3 is 0 Å². The summed E-state index contributed by atoms with van der Waals surface area (Å²) in [6, 6.07) is 27.6. The van der Waals surface area contributed by atoms with Crippen LogP contribution >= 0.6 is 0 Å². The Bertz CT molecular complexity index is 1060. The third kappa shape index (κ3) is 5.73. The van der Waals surface area contributed by atoms with Crippen molar-refractivity contribution in [1.29, 1.82) is 0 Å². The maximum absolute atomic E-state index is 8.49. The Balaban J connectivity index is 0.000000461. The second-order valence-electron chi connectivity index (χ2n) is 6.36. The number of aromatic nitrogens is 3. The average Bonchev–Trinajstić information content (AvgIpc) is 3.27. The summed E-state index contributed by atoms with van der Waals surface area (Å²) in [7, 11) is -4.94. The summed E-state index contributed by atoms with van der Waals surface area (Å²) in [6.45, 7) is 2.19. The molecule has 2 heterocycles. The number of nitrogens with one attached hydrogen (secondary N) is 1. The van der Waals surface area contributed by atoms with Gasteiger partial charge in [0.15, 0.2) is 0 Å². The predicted octanol–water partition coefficient (Wildman–Crippen LogP) is -0.173. The monoisotopic (exact) mass is 425 g/mol. The Hall–Kier alpha value is -3.07. The molecule has 4 rings (SSSR count). The van der Waals surface area contributed by atoms with Gasteiger partial charge in [0.2, 0.25) is 0 Å². The number of hydrogen-bond donors (Lipinski definition) is 1. The van der Waals surface area contributed by atoms with E-state index >= 15 is 0 Å². The van der Waals surface area contributed by atoms with E-state index in [0.717, 1.165) is 17.9 Å². The summed E-state index contributed by atoms with van der Waals surface area (Å²) in [6.07, 6.45) is 2.72. The Morgan fingerprint density at radius 1 is 0.800 bits per heavy atom. The first kappa shape index (κ1) is 21.6. The lowest BCUT2D eigenvalue weighted by Gasteiger charge is -2.17. The van der Waals surface area contributed by atoms with Gasteiger partial charge >= 0.3 is 5.82 Å². The zero-order valence-corrected chi connectivity index (χ0v) is 17.0. The van der Waals surface area contributed by atoms with Crippen molar-refractivity contribution in [3.05, 3.63) is 90.8 Å². The molecule has 0 aliphatic heterocycles. The minimum absolute atomic E-state index is 0.930. The SMILES string of the molecule is CCc1cc(-c2ccccc2)cc(-c2ccccc2)[n+]1-c1ccn[nH]1.[O-][Cl+3]([O-])([O-])[O-]. The number of nitrogens with zero attached hydrogens (tertiary/aromatic N) is 2. The van der Waals surface area contributed by atoms with Gasteiger partial charge in [-0.1, -0.05) is 72.7 Å². The zero-order valence-electron chi connectivity index (χ0n) is 16.2. The van der Waals surface area contributed by atoms with Crippen LogP contribution in [-0.4, -0.2) is 10.2 Å². The van der Waals surface area contributed by atoms with E-state index in [-0.39, 0.29) is 0 Å². The molecular weight excluding hydrogens is 406 g/mol. The molecule has 0 aliphatic rings. The van der Waals surface area contributed by atoms with Crippen molar-refractivity contribution in [2.75, 3.05) is 0 Å². The summed E-state index contributed by atoms with van der Waals surface area (Å²) in [4.78, 5) is 0. The van der Waals surface area contributed by atoms with Gasteiger partial charge in [-0.15, -0.1) is 15.3 Å². The third-order valence-electron chi connectivity index (χ3n) is 4.41. The predicted molar refractivity (Wildman–Crippen MR) is 100 cm³/mol. The first-order valence-corrected chi connectivity index (χ1v) is 10.4. The molecule has 0 unspecified atom stereocenters. The van der Waals surface area contributed by atoms with E-state index in [2.05, 4.69) is 88.4 Å². The number of aryl methyl sites for hydroxylation is 1. The van der Waals surface area contributed by atoms with E-state index in [0.29, 0.717) is 0 Å². The number of pyridine rings is 1. The van der Waals surface area contributed by atoms with Crippen molar-refractivity contribution in [3.8, 4) is 28.2 Å². The molecule has 0 fully saturated rings. The Kier molecular flexibility index (Phi) is 6.94. The molecule has 2 aromatic heterocycles. The molecule has 4 aromatic rings. The van der Waals surface area contributed by atoms with Crippen molar-refractivity contribution < 1.29 is 33.4 Å². The molecule has 0 spiro atoms. The molecule has 0 saturated carbocycles. The number of hydrogen-bond acceptors (Lipinski definition) is 5. The van der Waals surface area contributed by atoms with Gasteiger partial charge in [-0.2, -0.15) is 4.57 Å². The minimum atomic E-state index is -4.94. The fraction of sp³-hybridized carbons (Fsp3) is 0.0909. The fourth-order valence-electron chi connectivity index (χ4n) is 3.19. The molecule has 7 nitrogen and oxygen atoms in total. The van der Waals surface area contributed by atoms with Gasteiger partial charge in [-0.05, 0) is 23.3 Å². The summed E-state index contributed by atoms with van der Waals surface area (Å²) in [5.74, 6) is 0.982. The zero-order chi connectivity index (χ0) is 21.6. The molecule has 0 bridgehead atoms. The van der Waals surface area contributed by atoms with Crippen molar-refractivity contribution in [2.24, 2.45) is 0 Å². The first-order chi connectivity index (χ1) is 14.4. The van der Waals surface area contributed by atoms with Crippen LogP contribution in [0.2, 0.25) is 0 Å². The van der Waals surface area contributed by atoms with Gasteiger partial charge in [-0.25, -0.2) is 18.6 Å². The fourth-order valence-corrected chi connectivity index (χ4v) is 3.19. The molecular formula is C22H20ClN3O4. The second kappa shape index (κ2) is 9.62. The highest BCUT2D eigenvalue weighted by Gasteiger charge is 2.20. The molecule has 0 saturated heterocycles. The van der Waals surface area contributed by atoms with Crippen LogP contribution in [-0.2, 0) is 6.42 Å². The van der Waals surface area contributed by atoms with Crippen molar-refractivity contribution in [2.45, 2.75) is 13.3 Å². The molecule has 0 atom stereocenters. The molecule has 30 heavy (non-hydrogen) atoms. The number of rotatable bonds is 4. The van der Waals surface area contributed by atoms with E-state index < -0.39 is 10.2 Å². The van der Waals surface area contributed by atoms with Crippen LogP contribution < -0.4 is 23.2 Å². The third-order valence-corrected chi connectivity index (χ3v) is 4.41. The van der Waals surface area contributed by atoms with E-state index in [9.17, 15) is 0 Å². The van der Waals surface area contributed by atoms with Gasteiger partial charge in [0.25, 0.3) is 0 Å². The highest BCUT2D eigenvalue weighted by Crippen LogP contribution is 2.26. The van der Waals surface area contributed by atoms with Crippen LogP contribution in [0.4, 0.5) is 0 Å². The Morgan fingerprint density at radius 3 is 1.87 bits per heavy atom. The van der Waals surface area contributed by atoms with Crippen molar-refractivity contribution in [3.63, 3.8) is 0 Å². The van der Waals surface area contributed by atoms with E-state index in [1.165, 1.54) is 22.4 Å². The van der Waals surface area contributed by atoms with Crippen LogP contribution in [0.5, 0.6) is 0 Å². The summed E-state index contributed by atoms with van der Waals surface area (Å²) < 4.78 is 36.2. The Morgan fingerprint density at radius 2 is 1.37 bits per heavy atom. The van der Waals surface area contributed by atoms with Gasteiger partial charge in [0, 0.05) is 12.0 Å². The van der Waals surface area contributed by atoms with Crippen molar-refractivity contribution >= 4 is 0 Å². The van der Waals surface area contributed by atoms with Crippen LogP contribution in [0.3, 0.4) is 0 Å². The van der Waals surface area contributed by atoms with Gasteiger partial charge in [-0.3, -0.25) is 0 Å². The van der Waals surface area contributed by atoms with E-state index in [1.54, 1.807) is 6.20 Å². The lowest BCUT2D eigenvalue weighted by atomic mass is 10.0. The largest absolute Gasteiger partial charge is 0.306 e. The Labute approximate surface area is 176 Å². The van der Waals surface area contributed by atoms with E-state index in [4.69, 9.17) is 18.6 Å². The van der Waals surface area contributed by atoms with Crippen LogP contribution in [0, 0.1) is 10.2 Å². The van der Waals surface area contributed by atoms with Crippen LogP contribution in [0.25, 0.3) is 28.2 Å². The quantitative estimate of drug-likeness (QED) is 0.454. The molecule has 1 N–H and O–H groups in total. The highest BCUT2D eigenvalue weighted by atomic mass is 35.7. The molecule has 0 radical (unpaired) electrons. The molecule has 0 amide bonds. The minimum Gasteiger partial charge on any atom is -0.222 e. The lowest BCUT2D eigenvalue weighted by Crippen LogP contribution is -2.68. The summed E-state index contributed by atoms with van der Waals surface area (Å²) in [5, 5.41) is 7.25. The van der Waals surface area contributed by atoms with E-state index in [1.807, 2.05) is 12.1 Å². The molecule has 2 aromatic carbocycles. The van der Waals surface area contributed by atoms with Gasteiger partial charge in [0.1, 0.15) is 11.4 Å². The topological polar surface area (TPSA) is 125 Å². The molecule has 154 valence electrons. The number of H-pyrrole nitrogens is 1. The molecule has 0 aliphatic carbocycles.